The molecule has 2 atom stereocenters. The second kappa shape index (κ2) is 11.9. The highest BCUT2D eigenvalue weighted by Crippen LogP contribution is 2.32. The van der Waals surface area contributed by atoms with Crippen molar-refractivity contribution >= 4 is 46.4 Å². The fourth-order valence-electron chi connectivity index (χ4n) is 5.48. The first kappa shape index (κ1) is 26.8. The molecular formula is C24H30ClFN10O3. The van der Waals surface area contributed by atoms with E-state index in [9.17, 15) is 9.59 Å². The van der Waals surface area contributed by atoms with E-state index in [-0.39, 0.29) is 29.5 Å². The molecule has 5 rings (SSSR count). The molecule has 2 amide bonds. The van der Waals surface area contributed by atoms with Gasteiger partial charge in [0.2, 0.25) is 17.0 Å². The average Bonchev–Trinajstić information content (AvgIpc) is 3.69. The lowest BCUT2D eigenvalue weighted by Crippen LogP contribution is -2.42. The van der Waals surface area contributed by atoms with Gasteiger partial charge in [0.1, 0.15) is 5.52 Å². The number of nitrogens with zero attached hydrogens (tertiary/aromatic N) is 7. The first-order valence-electron chi connectivity index (χ1n) is 13.1. The lowest BCUT2D eigenvalue weighted by Gasteiger charge is -2.26. The highest BCUT2D eigenvalue weighted by atomic mass is 35.5. The highest BCUT2D eigenvalue weighted by molar-refractivity contribution is 6.28. The third kappa shape index (κ3) is 6.27. The Kier molecular flexibility index (Phi) is 8.19. The van der Waals surface area contributed by atoms with E-state index in [1.54, 1.807) is 16.9 Å². The molecule has 0 aromatic carbocycles. The van der Waals surface area contributed by atoms with Crippen LogP contribution in [0.25, 0.3) is 11.2 Å². The van der Waals surface area contributed by atoms with Crippen molar-refractivity contribution in [3.8, 4) is 0 Å². The molecule has 0 spiro atoms. The van der Waals surface area contributed by atoms with Crippen LogP contribution in [-0.2, 0) is 11.3 Å². The van der Waals surface area contributed by atoms with Crippen LogP contribution in [0, 0.1) is 17.7 Å². The van der Waals surface area contributed by atoms with E-state index in [1.165, 1.54) is 0 Å². The number of pyridine rings is 1. The fraction of sp³-hybridized carbons (Fsp3) is 0.542. The number of amides is 2. The highest BCUT2D eigenvalue weighted by Gasteiger charge is 2.32. The number of aromatic nitrogens is 6. The normalized spacial score (nSPS) is 18.4. The van der Waals surface area contributed by atoms with Crippen LogP contribution in [0.15, 0.2) is 18.3 Å². The van der Waals surface area contributed by atoms with Crippen molar-refractivity contribution in [1.29, 1.82) is 0 Å². The number of carbonyl (C=O) groups is 2. The van der Waals surface area contributed by atoms with E-state index in [4.69, 9.17) is 16.7 Å². The lowest BCUT2D eigenvalue weighted by atomic mass is 9.92. The summed E-state index contributed by atoms with van der Waals surface area (Å²) in [5.74, 6) is -1.76. The first-order valence-corrected chi connectivity index (χ1v) is 13.4. The Morgan fingerprint density at radius 2 is 2.03 bits per heavy atom. The minimum Gasteiger partial charge on any atom is -0.465 e. The number of hydrogen-bond acceptors (Lipinski definition) is 9. The molecule has 4 N–H and O–H groups in total. The van der Waals surface area contributed by atoms with Crippen LogP contribution in [0.1, 0.15) is 44.9 Å². The van der Waals surface area contributed by atoms with Gasteiger partial charge in [-0.25, -0.2) is 14.5 Å². The topological polar surface area (TPSA) is 163 Å². The van der Waals surface area contributed by atoms with Crippen LogP contribution in [-0.4, -0.2) is 66.2 Å². The van der Waals surface area contributed by atoms with Crippen LogP contribution in [0.5, 0.6) is 0 Å². The lowest BCUT2D eigenvalue weighted by molar-refractivity contribution is -0.124. The first-order chi connectivity index (χ1) is 18.9. The van der Waals surface area contributed by atoms with Crippen molar-refractivity contribution in [2.45, 2.75) is 57.5 Å². The van der Waals surface area contributed by atoms with Crippen molar-refractivity contribution in [3.05, 3.63) is 29.4 Å². The van der Waals surface area contributed by atoms with Crippen molar-refractivity contribution in [1.82, 2.24) is 40.7 Å². The van der Waals surface area contributed by atoms with Gasteiger partial charge < -0.3 is 15.3 Å². The van der Waals surface area contributed by atoms with Crippen LogP contribution in [0.3, 0.4) is 0 Å². The molecule has 1 aliphatic carbocycles. The van der Waals surface area contributed by atoms with E-state index >= 15 is 4.39 Å². The minimum atomic E-state index is -1.21. The van der Waals surface area contributed by atoms with Crippen molar-refractivity contribution in [2.75, 3.05) is 23.4 Å². The van der Waals surface area contributed by atoms with E-state index in [2.05, 4.69) is 41.4 Å². The maximum atomic E-state index is 15.7. The number of hydrogen-bond donors (Lipinski definition) is 4. The molecule has 3 aromatic heterocycles. The van der Waals surface area contributed by atoms with Gasteiger partial charge in [0.15, 0.2) is 17.3 Å². The maximum Gasteiger partial charge on any atom is 0.404 e. The Hall–Kier alpha value is -3.81. The SMILES string of the molecule is O=C(O)NC[C@@H](CC1CCCC1)C(=O)NNc1nc(Cl)nc(N2CCC[C@H]2Cn2nnc3cccnc32)c1F. The maximum absolute atomic E-state index is 15.7. The van der Waals surface area contributed by atoms with Gasteiger partial charge in [0.25, 0.3) is 0 Å². The Balaban J connectivity index is 1.29. The predicted molar refractivity (Wildman–Crippen MR) is 141 cm³/mol. The van der Waals surface area contributed by atoms with E-state index in [0.29, 0.717) is 36.6 Å². The number of nitrogens with one attached hydrogen (secondary N) is 3. The summed E-state index contributed by atoms with van der Waals surface area (Å²) in [6.45, 7) is 0.928. The smallest absolute Gasteiger partial charge is 0.404 e. The summed E-state index contributed by atoms with van der Waals surface area (Å²) < 4.78 is 17.4. The number of fused-ring (bicyclic) bond motifs is 1. The third-order valence-corrected chi connectivity index (χ3v) is 7.55. The van der Waals surface area contributed by atoms with E-state index < -0.39 is 23.7 Å². The van der Waals surface area contributed by atoms with Crippen LogP contribution in [0.2, 0.25) is 5.28 Å². The summed E-state index contributed by atoms with van der Waals surface area (Å²) in [7, 11) is 0. The molecule has 4 heterocycles. The largest absolute Gasteiger partial charge is 0.465 e. The quantitative estimate of drug-likeness (QED) is 0.214. The average molecular weight is 561 g/mol. The molecule has 3 aromatic rings. The molecule has 0 radical (unpaired) electrons. The van der Waals surface area contributed by atoms with Gasteiger partial charge in [-0.1, -0.05) is 30.9 Å². The zero-order chi connectivity index (χ0) is 27.4. The summed E-state index contributed by atoms with van der Waals surface area (Å²) in [6, 6.07) is 3.47. The molecule has 1 saturated carbocycles. The van der Waals surface area contributed by atoms with E-state index in [0.717, 1.165) is 38.5 Å². The Morgan fingerprint density at radius 3 is 2.82 bits per heavy atom. The number of hydrazine groups is 1. The molecule has 2 fully saturated rings. The van der Waals surface area contributed by atoms with Gasteiger partial charge in [-0.05, 0) is 48.9 Å². The summed E-state index contributed by atoms with van der Waals surface area (Å²) in [5.41, 5.74) is 6.35. The summed E-state index contributed by atoms with van der Waals surface area (Å²) in [5, 5.41) is 19.4. The molecule has 15 heteroatoms. The molecule has 208 valence electrons. The van der Waals surface area contributed by atoms with Crippen LogP contribution >= 0.6 is 11.6 Å². The predicted octanol–water partition coefficient (Wildman–Crippen LogP) is 2.99. The Bertz CT molecular complexity index is 1330. The summed E-state index contributed by atoms with van der Waals surface area (Å²) in [6.07, 6.45) is 6.77. The van der Waals surface area contributed by atoms with Crippen LogP contribution in [0.4, 0.5) is 20.8 Å². The molecule has 2 aliphatic rings. The molecule has 1 saturated heterocycles. The Labute approximate surface area is 228 Å². The molecule has 1 aliphatic heterocycles. The van der Waals surface area contributed by atoms with Gasteiger partial charge >= 0.3 is 6.09 Å². The molecule has 13 nitrogen and oxygen atoms in total. The molecule has 39 heavy (non-hydrogen) atoms. The van der Waals surface area contributed by atoms with Crippen molar-refractivity contribution in [3.63, 3.8) is 0 Å². The minimum absolute atomic E-state index is 0.0154. The zero-order valence-corrected chi connectivity index (χ0v) is 21.9. The summed E-state index contributed by atoms with van der Waals surface area (Å²) >= 11 is 6.16. The molecular weight excluding hydrogens is 531 g/mol. The molecule has 0 unspecified atom stereocenters. The number of halogens is 2. The van der Waals surface area contributed by atoms with Crippen LogP contribution < -0.4 is 21.1 Å². The number of anilines is 2. The molecule has 0 bridgehead atoms. The van der Waals surface area contributed by atoms with Gasteiger partial charge in [0.05, 0.1) is 18.5 Å². The summed E-state index contributed by atoms with van der Waals surface area (Å²) in [4.78, 5) is 38.2. The van der Waals surface area contributed by atoms with Crippen molar-refractivity contribution < 1.29 is 19.1 Å². The zero-order valence-electron chi connectivity index (χ0n) is 21.2. The standard InChI is InChI=1S/C24H30ClFN10O3/c25-23-29-19(32-33-22(37)15(12-28-24(38)39)11-14-5-1-2-6-14)18(26)21(30-23)35-10-4-7-16(35)13-36-20-17(31-34-36)8-3-9-27-20/h3,8-9,14-16,28H,1-2,4-7,10-13H2,(H,33,37)(H,38,39)(H,29,30,32)/t15-,16+/m1/s1. The van der Waals surface area contributed by atoms with Crippen molar-refractivity contribution in [2.24, 2.45) is 11.8 Å². The second-order valence-electron chi connectivity index (χ2n) is 9.97. The monoisotopic (exact) mass is 560 g/mol. The van der Waals surface area contributed by atoms with Gasteiger partial charge in [-0.15, -0.1) is 5.10 Å². The van der Waals surface area contributed by atoms with Gasteiger partial charge in [0, 0.05) is 19.3 Å². The van der Waals surface area contributed by atoms with E-state index in [1.807, 2.05) is 11.0 Å². The van der Waals surface area contributed by atoms with Gasteiger partial charge in [-0.3, -0.25) is 15.6 Å². The third-order valence-electron chi connectivity index (χ3n) is 7.38. The number of carboxylic acid groups (broad SMARTS) is 1. The number of rotatable bonds is 10. The Morgan fingerprint density at radius 1 is 1.21 bits per heavy atom. The fourth-order valence-corrected chi connectivity index (χ4v) is 5.65. The van der Waals surface area contributed by atoms with Gasteiger partial charge in [-0.2, -0.15) is 14.4 Å². The second-order valence-corrected chi connectivity index (χ2v) is 10.3. The number of carbonyl (C=O) groups excluding carboxylic acids is 1.